The van der Waals surface area contributed by atoms with Crippen LogP contribution in [-0.4, -0.2) is 15.9 Å². The van der Waals surface area contributed by atoms with Gasteiger partial charge in [0.2, 0.25) is 0 Å². The fourth-order valence-corrected chi connectivity index (χ4v) is 4.04. The van der Waals surface area contributed by atoms with Gasteiger partial charge in [-0.05, 0) is 59.3 Å². The second kappa shape index (κ2) is 6.87. The summed E-state index contributed by atoms with van der Waals surface area (Å²) in [5.41, 5.74) is 3.30. The molecule has 5 aromatic rings. The van der Waals surface area contributed by atoms with Crippen LogP contribution < -0.4 is 5.32 Å². The van der Waals surface area contributed by atoms with Gasteiger partial charge in [0.15, 0.2) is 0 Å². The van der Waals surface area contributed by atoms with E-state index in [0.29, 0.717) is 5.56 Å². The number of rotatable bonds is 3. The van der Waals surface area contributed by atoms with E-state index < -0.39 is 0 Å². The Morgan fingerprint density at radius 2 is 1.68 bits per heavy atom. The van der Waals surface area contributed by atoms with Gasteiger partial charge in [-0.15, -0.1) is 0 Å². The summed E-state index contributed by atoms with van der Waals surface area (Å²) in [6, 6.07) is 25.3. The second-order valence-electron chi connectivity index (χ2n) is 6.44. The molecule has 3 aromatic carbocycles. The molecule has 0 radical (unpaired) electrons. The summed E-state index contributed by atoms with van der Waals surface area (Å²) in [5, 5.41) is 6.05. The largest absolute Gasteiger partial charge is 0.322 e. The van der Waals surface area contributed by atoms with Crippen molar-refractivity contribution in [2.24, 2.45) is 0 Å². The molecule has 0 atom stereocenters. The summed E-state index contributed by atoms with van der Waals surface area (Å²) in [7, 11) is 0. The van der Waals surface area contributed by atoms with Crippen molar-refractivity contribution < 1.29 is 4.79 Å². The molecule has 0 aliphatic rings. The molecule has 1 amide bonds. The van der Waals surface area contributed by atoms with Gasteiger partial charge in [0.1, 0.15) is 15.4 Å². The molecule has 0 saturated heterocycles. The zero-order chi connectivity index (χ0) is 18.9. The Morgan fingerprint density at radius 1 is 0.857 bits per heavy atom. The molecule has 0 unspecified atom stereocenters. The summed E-state index contributed by atoms with van der Waals surface area (Å²) in [6.07, 6.45) is 1.77. The molecule has 2 heterocycles. The molecule has 5 heteroatoms. The number of carbonyl (C=O) groups excluding carboxylic acids is 1. The van der Waals surface area contributed by atoms with Crippen LogP contribution in [0.2, 0.25) is 0 Å². The van der Waals surface area contributed by atoms with Gasteiger partial charge in [-0.2, -0.15) is 0 Å². The summed E-state index contributed by atoms with van der Waals surface area (Å²) >= 11 is 1.56. The van der Waals surface area contributed by atoms with Crippen molar-refractivity contribution >= 4 is 44.1 Å². The fraction of sp³-hybridized carbons (Fsp3) is 0. The number of nitrogens with zero attached hydrogens (tertiary/aromatic N) is 2. The minimum Gasteiger partial charge on any atom is -0.322 e. The molecule has 5 rings (SSSR count). The van der Waals surface area contributed by atoms with E-state index in [-0.39, 0.29) is 5.91 Å². The van der Waals surface area contributed by atoms with Gasteiger partial charge in [-0.25, -0.2) is 9.97 Å². The molecule has 4 nitrogen and oxygen atoms in total. The van der Waals surface area contributed by atoms with Crippen LogP contribution in [-0.2, 0) is 0 Å². The van der Waals surface area contributed by atoms with E-state index in [0.717, 1.165) is 37.4 Å². The molecule has 0 saturated carbocycles. The molecular weight excluding hydrogens is 366 g/mol. The number of pyridine rings is 1. The van der Waals surface area contributed by atoms with Gasteiger partial charge in [0, 0.05) is 23.0 Å². The zero-order valence-electron chi connectivity index (χ0n) is 14.8. The summed E-state index contributed by atoms with van der Waals surface area (Å²) < 4.78 is 0. The maximum Gasteiger partial charge on any atom is 0.255 e. The number of aromatic nitrogens is 2. The number of benzene rings is 3. The first-order valence-corrected chi connectivity index (χ1v) is 9.70. The SMILES string of the molecule is O=C(Nc1ccc(-c2nc3cccnc3s2)cc1)c1ccc2ccccc2c1. The lowest BCUT2D eigenvalue weighted by Crippen LogP contribution is -2.11. The van der Waals surface area contributed by atoms with Gasteiger partial charge in [-0.1, -0.05) is 41.7 Å². The minimum atomic E-state index is -0.123. The monoisotopic (exact) mass is 381 g/mol. The molecule has 0 bridgehead atoms. The first kappa shape index (κ1) is 16.6. The maximum absolute atomic E-state index is 12.6. The van der Waals surface area contributed by atoms with E-state index in [1.165, 1.54) is 0 Å². The lowest BCUT2D eigenvalue weighted by atomic mass is 10.1. The third-order valence-electron chi connectivity index (χ3n) is 4.57. The van der Waals surface area contributed by atoms with Crippen LogP contribution in [0.1, 0.15) is 10.4 Å². The van der Waals surface area contributed by atoms with Crippen LogP contribution in [0.4, 0.5) is 5.69 Å². The summed E-state index contributed by atoms with van der Waals surface area (Å²) in [5.74, 6) is -0.123. The van der Waals surface area contributed by atoms with Crippen LogP contribution in [0.15, 0.2) is 85.1 Å². The molecule has 2 aromatic heterocycles. The Kier molecular flexibility index (Phi) is 4.07. The first-order valence-electron chi connectivity index (χ1n) is 8.88. The topological polar surface area (TPSA) is 54.9 Å². The number of fused-ring (bicyclic) bond motifs is 2. The zero-order valence-corrected chi connectivity index (χ0v) is 15.6. The lowest BCUT2D eigenvalue weighted by Gasteiger charge is -2.07. The van der Waals surface area contributed by atoms with Crippen LogP contribution in [0.3, 0.4) is 0 Å². The highest BCUT2D eigenvalue weighted by molar-refractivity contribution is 7.21. The second-order valence-corrected chi connectivity index (χ2v) is 7.42. The van der Waals surface area contributed by atoms with Crippen molar-refractivity contribution in [1.29, 1.82) is 0 Å². The van der Waals surface area contributed by atoms with Crippen molar-refractivity contribution in [3.05, 3.63) is 90.6 Å². The molecule has 0 aliphatic carbocycles. The quantitative estimate of drug-likeness (QED) is 0.432. The van der Waals surface area contributed by atoms with Gasteiger partial charge in [0.25, 0.3) is 5.91 Å². The van der Waals surface area contributed by atoms with E-state index in [1.807, 2.05) is 78.9 Å². The van der Waals surface area contributed by atoms with Crippen molar-refractivity contribution in [3.8, 4) is 10.6 Å². The van der Waals surface area contributed by atoms with Crippen LogP contribution in [0.25, 0.3) is 31.7 Å². The molecular formula is C23H15N3OS. The van der Waals surface area contributed by atoms with E-state index in [1.54, 1.807) is 17.5 Å². The van der Waals surface area contributed by atoms with Crippen molar-refractivity contribution in [2.45, 2.75) is 0 Å². The third kappa shape index (κ3) is 3.12. The number of hydrogen-bond donors (Lipinski definition) is 1. The Balaban J connectivity index is 1.37. The van der Waals surface area contributed by atoms with E-state index in [2.05, 4.69) is 15.3 Å². The van der Waals surface area contributed by atoms with E-state index in [9.17, 15) is 4.79 Å². The molecule has 28 heavy (non-hydrogen) atoms. The van der Waals surface area contributed by atoms with Gasteiger partial charge in [0.05, 0.1) is 0 Å². The Labute approximate surface area is 165 Å². The highest BCUT2D eigenvalue weighted by Crippen LogP contribution is 2.29. The number of hydrogen-bond acceptors (Lipinski definition) is 4. The van der Waals surface area contributed by atoms with Gasteiger partial charge in [-0.3, -0.25) is 4.79 Å². The predicted octanol–water partition coefficient (Wildman–Crippen LogP) is 5.76. The standard InChI is InChI=1S/C23H15N3OS/c27-21(18-8-7-15-4-1-2-5-17(15)14-18)25-19-11-9-16(10-12-19)22-26-20-6-3-13-24-23(20)28-22/h1-14H,(H,25,27). The third-order valence-corrected chi connectivity index (χ3v) is 5.60. The molecule has 0 fully saturated rings. The van der Waals surface area contributed by atoms with Crippen LogP contribution in [0.5, 0.6) is 0 Å². The highest BCUT2D eigenvalue weighted by Gasteiger charge is 2.09. The lowest BCUT2D eigenvalue weighted by molar-refractivity contribution is 0.102. The average Bonchev–Trinajstić information content (AvgIpc) is 3.18. The van der Waals surface area contributed by atoms with Crippen molar-refractivity contribution in [3.63, 3.8) is 0 Å². The number of carbonyl (C=O) groups is 1. The van der Waals surface area contributed by atoms with Crippen LogP contribution >= 0.6 is 11.3 Å². The molecule has 0 spiro atoms. The predicted molar refractivity (Wildman–Crippen MR) is 115 cm³/mol. The van der Waals surface area contributed by atoms with Gasteiger partial charge >= 0.3 is 0 Å². The molecule has 1 N–H and O–H groups in total. The number of amides is 1. The van der Waals surface area contributed by atoms with E-state index >= 15 is 0 Å². The highest BCUT2D eigenvalue weighted by atomic mass is 32.1. The minimum absolute atomic E-state index is 0.123. The van der Waals surface area contributed by atoms with Crippen molar-refractivity contribution in [1.82, 2.24) is 9.97 Å². The average molecular weight is 381 g/mol. The molecule has 0 aliphatic heterocycles. The fourth-order valence-electron chi connectivity index (χ4n) is 3.12. The Bertz CT molecular complexity index is 1280. The maximum atomic E-state index is 12.6. The van der Waals surface area contributed by atoms with Crippen molar-refractivity contribution in [2.75, 3.05) is 5.32 Å². The summed E-state index contributed by atoms with van der Waals surface area (Å²) in [6.45, 7) is 0. The first-order chi connectivity index (χ1) is 13.8. The number of thiazole rings is 1. The Morgan fingerprint density at radius 3 is 2.50 bits per heavy atom. The number of anilines is 1. The van der Waals surface area contributed by atoms with E-state index in [4.69, 9.17) is 0 Å². The Hall–Kier alpha value is -3.57. The number of nitrogens with one attached hydrogen (secondary N) is 1. The normalized spacial score (nSPS) is 11.0. The smallest absolute Gasteiger partial charge is 0.255 e. The molecule has 134 valence electrons. The van der Waals surface area contributed by atoms with Crippen LogP contribution in [0, 0.1) is 0 Å². The van der Waals surface area contributed by atoms with Gasteiger partial charge < -0.3 is 5.32 Å². The summed E-state index contributed by atoms with van der Waals surface area (Å²) in [4.78, 5) is 22.5.